The first-order valence-corrected chi connectivity index (χ1v) is 9.33. The lowest BCUT2D eigenvalue weighted by Crippen LogP contribution is -2.25. The molecule has 0 aliphatic carbocycles. The van der Waals surface area contributed by atoms with Gasteiger partial charge in [0, 0.05) is 19.2 Å². The summed E-state index contributed by atoms with van der Waals surface area (Å²) in [6.45, 7) is 4.41. The number of rotatable bonds is 10. The molecular weight excluding hydrogens is 345 g/mol. The van der Waals surface area contributed by atoms with Crippen LogP contribution < -0.4 is 10.1 Å². The highest BCUT2D eigenvalue weighted by Gasteiger charge is 2.14. The van der Waals surface area contributed by atoms with Crippen molar-refractivity contribution in [3.05, 3.63) is 59.2 Å². The molecule has 1 N–H and O–H groups in total. The molecule has 2 rings (SSSR count). The SMILES string of the molecule is CC=CCCCCCOc1cccc(CNC(=O)c2cc(C)nn2C)c1F. The predicted octanol–water partition coefficient (Wildman–Crippen LogP) is 4.31. The van der Waals surface area contributed by atoms with Gasteiger partial charge in [-0.05, 0) is 51.7 Å². The Labute approximate surface area is 160 Å². The van der Waals surface area contributed by atoms with Crippen LogP contribution in [-0.2, 0) is 13.6 Å². The van der Waals surface area contributed by atoms with E-state index in [1.807, 2.05) is 19.9 Å². The number of hydrogen-bond donors (Lipinski definition) is 1. The average molecular weight is 373 g/mol. The Morgan fingerprint density at radius 3 is 2.85 bits per heavy atom. The number of nitrogens with zero attached hydrogens (tertiary/aromatic N) is 2. The fraction of sp³-hybridized carbons (Fsp3) is 0.429. The number of carbonyl (C=O) groups excluding carboxylic acids is 1. The molecule has 0 radical (unpaired) electrons. The number of allylic oxidation sites excluding steroid dienone is 2. The molecule has 1 amide bonds. The second-order valence-corrected chi connectivity index (χ2v) is 6.47. The zero-order valence-electron chi connectivity index (χ0n) is 16.3. The van der Waals surface area contributed by atoms with Crippen molar-refractivity contribution in [3.8, 4) is 5.75 Å². The number of nitrogens with one attached hydrogen (secondary N) is 1. The maximum absolute atomic E-state index is 14.6. The summed E-state index contributed by atoms with van der Waals surface area (Å²) in [6, 6.07) is 6.70. The summed E-state index contributed by atoms with van der Waals surface area (Å²) >= 11 is 0. The minimum Gasteiger partial charge on any atom is -0.491 e. The van der Waals surface area contributed by atoms with Gasteiger partial charge in [-0.15, -0.1) is 0 Å². The van der Waals surface area contributed by atoms with E-state index in [4.69, 9.17) is 4.74 Å². The standard InChI is InChI=1S/C21H28FN3O2/c1-4-5-6-7-8-9-13-27-19-12-10-11-17(20(19)22)15-23-21(26)18-14-16(2)24-25(18)3/h4-5,10-12,14H,6-9,13,15H2,1-3H3,(H,23,26). The minimum absolute atomic E-state index is 0.0927. The monoisotopic (exact) mass is 373 g/mol. The zero-order chi connectivity index (χ0) is 19.6. The molecule has 1 heterocycles. The number of benzene rings is 1. The smallest absolute Gasteiger partial charge is 0.269 e. The van der Waals surface area contributed by atoms with Crippen LogP contribution in [0.4, 0.5) is 4.39 Å². The first-order valence-electron chi connectivity index (χ1n) is 9.33. The Morgan fingerprint density at radius 1 is 1.33 bits per heavy atom. The lowest BCUT2D eigenvalue weighted by molar-refractivity contribution is 0.0941. The number of aromatic nitrogens is 2. The summed E-state index contributed by atoms with van der Waals surface area (Å²) in [5.74, 6) is -0.482. The van der Waals surface area contributed by atoms with Gasteiger partial charge in [0.2, 0.25) is 0 Å². The van der Waals surface area contributed by atoms with Crippen LogP contribution >= 0.6 is 0 Å². The van der Waals surface area contributed by atoms with Gasteiger partial charge in [-0.2, -0.15) is 5.10 Å². The maximum atomic E-state index is 14.6. The number of ether oxygens (including phenoxy) is 1. The molecule has 0 aliphatic rings. The van der Waals surface area contributed by atoms with E-state index in [0.717, 1.165) is 31.4 Å². The van der Waals surface area contributed by atoms with E-state index in [9.17, 15) is 9.18 Å². The van der Waals surface area contributed by atoms with Gasteiger partial charge >= 0.3 is 0 Å². The summed E-state index contributed by atoms with van der Waals surface area (Å²) in [5.41, 5.74) is 1.60. The van der Waals surface area contributed by atoms with E-state index < -0.39 is 5.82 Å². The molecule has 0 bridgehead atoms. The quantitative estimate of drug-likeness (QED) is 0.499. The molecule has 2 aromatic rings. The molecule has 1 aromatic carbocycles. The molecule has 27 heavy (non-hydrogen) atoms. The molecule has 0 saturated heterocycles. The number of unbranched alkanes of at least 4 members (excludes halogenated alkanes) is 3. The van der Waals surface area contributed by atoms with Crippen molar-refractivity contribution in [1.82, 2.24) is 15.1 Å². The minimum atomic E-state index is -0.423. The summed E-state index contributed by atoms with van der Waals surface area (Å²) in [5, 5.41) is 6.87. The Hall–Kier alpha value is -2.63. The highest BCUT2D eigenvalue weighted by molar-refractivity contribution is 5.92. The van der Waals surface area contributed by atoms with Gasteiger partial charge in [-0.3, -0.25) is 9.48 Å². The van der Waals surface area contributed by atoms with E-state index in [1.54, 1.807) is 31.3 Å². The van der Waals surface area contributed by atoms with Gasteiger partial charge in [-0.1, -0.05) is 24.3 Å². The fourth-order valence-electron chi connectivity index (χ4n) is 2.78. The van der Waals surface area contributed by atoms with Gasteiger partial charge in [0.1, 0.15) is 5.69 Å². The number of amides is 1. The second kappa shape index (κ2) is 10.5. The van der Waals surface area contributed by atoms with Crippen molar-refractivity contribution in [2.45, 2.75) is 46.1 Å². The predicted molar refractivity (Wildman–Crippen MR) is 104 cm³/mol. The third-order valence-corrected chi connectivity index (χ3v) is 4.23. The first-order chi connectivity index (χ1) is 13.0. The molecule has 6 heteroatoms. The number of hydrogen-bond acceptors (Lipinski definition) is 3. The molecular formula is C21H28FN3O2. The van der Waals surface area contributed by atoms with Crippen LogP contribution in [-0.4, -0.2) is 22.3 Å². The van der Waals surface area contributed by atoms with Crippen molar-refractivity contribution >= 4 is 5.91 Å². The van der Waals surface area contributed by atoms with E-state index in [-0.39, 0.29) is 18.2 Å². The topological polar surface area (TPSA) is 56.1 Å². The fourth-order valence-corrected chi connectivity index (χ4v) is 2.78. The molecule has 0 spiro atoms. The van der Waals surface area contributed by atoms with Gasteiger partial charge in [-0.25, -0.2) is 4.39 Å². The lowest BCUT2D eigenvalue weighted by atomic mass is 10.2. The zero-order valence-corrected chi connectivity index (χ0v) is 16.3. The normalized spacial score (nSPS) is 11.1. The van der Waals surface area contributed by atoms with Crippen molar-refractivity contribution in [2.75, 3.05) is 6.61 Å². The third kappa shape index (κ3) is 6.24. The molecule has 146 valence electrons. The third-order valence-electron chi connectivity index (χ3n) is 4.23. The molecule has 0 aliphatic heterocycles. The van der Waals surface area contributed by atoms with Gasteiger partial charge in [0.15, 0.2) is 11.6 Å². The van der Waals surface area contributed by atoms with Crippen LogP contribution in [0.25, 0.3) is 0 Å². The Bertz CT molecular complexity index is 784. The van der Waals surface area contributed by atoms with E-state index in [2.05, 4.69) is 16.5 Å². The van der Waals surface area contributed by atoms with Crippen LogP contribution in [0.3, 0.4) is 0 Å². The van der Waals surface area contributed by atoms with Crippen LogP contribution in [0.15, 0.2) is 36.4 Å². The van der Waals surface area contributed by atoms with Crippen LogP contribution in [0.5, 0.6) is 5.75 Å². The first kappa shape index (κ1) is 20.7. The number of aryl methyl sites for hydroxylation is 2. The van der Waals surface area contributed by atoms with E-state index >= 15 is 0 Å². The molecule has 0 atom stereocenters. The Morgan fingerprint density at radius 2 is 2.15 bits per heavy atom. The van der Waals surface area contributed by atoms with E-state index in [1.165, 1.54) is 4.68 Å². The Kier molecular flexibility index (Phi) is 8.04. The van der Waals surface area contributed by atoms with Crippen LogP contribution in [0, 0.1) is 12.7 Å². The average Bonchev–Trinajstić information content (AvgIpc) is 2.99. The molecule has 0 saturated carbocycles. The highest BCUT2D eigenvalue weighted by atomic mass is 19.1. The number of carbonyl (C=O) groups is 1. The largest absolute Gasteiger partial charge is 0.491 e. The second-order valence-electron chi connectivity index (χ2n) is 6.47. The van der Waals surface area contributed by atoms with Gasteiger partial charge < -0.3 is 10.1 Å². The summed E-state index contributed by atoms with van der Waals surface area (Å²) in [4.78, 5) is 12.2. The van der Waals surface area contributed by atoms with Crippen molar-refractivity contribution < 1.29 is 13.9 Å². The molecule has 5 nitrogen and oxygen atoms in total. The maximum Gasteiger partial charge on any atom is 0.269 e. The van der Waals surface area contributed by atoms with E-state index in [0.29, 0.717) is 17.9 Å². The highest BCUT2D eigenvalue weighted by Crippen LogP contribution is 2.21. The molecule has 1 aromatic heterocycles. The van der Waals surface area contributed by atoms with Crippen LogP contribution in [0.1, 0.15) is 54.4 Å². The van der Waals surface area contributed by atoms with Gasteiger partial charge in [0.25, 0.3) is 5.91 Å². The van der Waals surface area contributed by atoms with Gasteiger partial charge in [0.05, 0.1) is 12.3 Å². The number of halogens is 1. The van der Waals surface area contributed by atoms with Crippen molar-refractivity contribution in [2.24, 2.45) is 7.05 Å². The Balaban J connectivity index is 1.85. The summed E-state index contributed by atoms with van der Waals surface area (Å²) in [7, 11) is 1.70. The van der Waals surface area contributed by atoms with Crippen molar-refractivity contribution in [1.29, 1.82) is 0 Å². The lowest BCUT2D eigenvalue weighted by Gasteiger charge is -2.11. The summed E-state index contributed by atoms with van der Waals surface area (Å²) in [6.07, 6.45) is 8.30. The summed E-state index contributed by atoms with van der Waals surface area (Å²) < 4.78 is 21.7. The van der Waals surface area contributed by atoms with Crippen LogP contribution in [0.2, 0.25) is 0 Å². The van der Waals surface area contributed by atoms with Crippen molar-refractivity contribution in [3.63, 3.8) is 0 Å². The molecule has 0 fully saturated rings. The molecule has 0 unspecified atom stereocenters.